The van der Waals surface area contributed by atoms with Crippen LogP contribution >= 0.6 is 27.7 Å². The van der Waals surface area contributed by atoms with Gasteiger partial charge in [-0.25, -0.2) is 14.2 Å². The van der Waals surface area contributed by atoms with Gasteiger partial charge in [-0.05, 0) is 57.4 Å². The topological polar surface area (TPSA) is 52.9 Å². The molecule has 1 N–H and O–H groups in total. The minimum atomic E-state index is -1.09. The lowest BCUT2D eigenvalue weighted by Gasteiger charge is -2.36. The molecule has 4 nitrogen and oxygen atoms in total. The zero-order chi connectivity index (χ0) is 17.4. The molecule has 1 amide bonds. The van der Waals surface area contributed by atoms with Crippen molar-refractivity contribution in [1.29, 1.82) is 0 Å². The first-order chi connectivity index (χ1) is 10.5. The van der Waals surface area contributed by atoms with Crippen molar-refractivity contribution in [2.45, 2.75) is 38.8 Å². The second-order valence-corrected chi connectivity index (χ2v) is 8.16. The highest BCUT2D eigenvalue weighted by atomic mass is 79.9. The number of halogens is 2. The molecular weight excluding hydrogens is 383 g/mol. The molecule has 0 aliphatic carbocycles. The van der Waals surface area contributed by atoms with Crippen LogP contribution in [-0.4, -0.2) is 26.8 Å². The summed E-state index contributed by atoms with van der Waals surface area (Å²) >= 11 is 4.55. The molecule has 1 aliphatic heterocycles. The first-order valence-corrected chi connectivity index (χ1v) is 8.65. The van der Waals surface area contributed by atoms with Gasteiger partial charge in [-0.1, -0.05) is 27.7 Å². The maximum Gasteiger partial charge on any atom is 0.413 e. The molecule has 0 radical (unpaired) electrons. The number of benzene rings is 1. The van der Waals surface area contributed by atoms with Gasteiger partial charge in [0.2, 0.25) is 0 Å². The molecule has 0 unspecified atom stereocenters. The number of carboxylic acid groups (broad SMARTS) is 1. The van der Waals surface area contributed by atoms with Crippen molar-refractivity contribution in [2.24, 2.45) is 4.99 Å². The third-order valence-corrected chi connectivity index (χ3v) is 4.67. The molecule has 0 spiro atoms. The average Bonchev–Trinajstić information content (AvgIpc) is 2.39. The smallest absolute Gasteiger partial charge is 0.413 e. The van der Waals surface area contributed by atoms with E-state index in [0.29, 0.717) is 10.7 Å². The van der Waals surface area contributed by atoms with E-state index in [1.807, 2.05) is 0 Å². The Morgan fingerprint density at radius 1 is 1.43 bits per heavy atom. The standard InChI is InChI=1S/C16H18BrFN2O2S/c1-15(2,3)20(14(21)22)13-19-16(4,7-8-23-13)11-9-10(17)5-6-12(11)18/h5-9H,1-4H3,(H,21,22)/t16-/m0/s1. The SMILES string of the molecule is CC(C)(C)N(C(=O)O)C1=N[C@](C)(c2cc(Br)ccc2F)C=CS1. The molecule has 1 atom stereocenters. The van der Waals surface area contributed by atoms with E-state index in [-0.39, 0.29) is 5.82 Å². The molecule has 2 rings (SSSR count). The van der Waals surface area contributed by atoms with Crippen molar-refractivity contribution >= 4 is 39.0 Å². The maximum atomic E-state index is 14.3. The number of rotatable bonds is 1. The van der Waals surface area contributed by atoms with E-state index in [2.05, 4.69) is 20.9 Å². The molecule has 124 valence electrons. The van der Waals surface area contributed by atoms with Gasteiger partial charge in [0, 0.05) is 15.6 Å². The number of thioether (sulfide) groups is 1. The van der Waals surface area contributed by atoms with Gasteiger partial charge >= 0.3 is 6.09 Å². The molecule has 7 heteroatoms. The lowest BCUT2D eigenvalue weighted by Crippen LogP contribution is -2.48. The van der Waals surface area contributed by atoms with Crippen molar-refractivity contribution in [2.75, 3.05) is 0 Å². The minimum absolute atomic E-state index is 0.328. The van der Waals surface area contributed by atoms with Crippen LogP contribution in [0.2, 0.25) is 0 Å². The summed E-state index contributed by atoms with van der Waals surface area (Å²) in [6, 6.07) is 4.65. The van der Waals surface area contributed by atoms with Crippen LogP contribution in [0.1, 0.15) is 33.3 Å². The number of amidine groups is 1. The molecular formula is C16H18BrFN2O2S. The van der Waals surface area contributed by atoms with Crippen LogP contribution in [0.5, 0.6) is 0 Å². The van der Waals surface area contributed by atoms with E-state index >= 15 is 0 Å². The fourth-order valence-electron chi connectivity index (χ4n) is 2.28. The highest BCUT2D eigenvalue weighted by molar-refractivity contribution is 9.10. The number of aliphatic imine (C=N–C) groups is 1. The van der Waals surface area contributed by atoms with Crippen LogP contribution in [0.4, 0.5) is 9.18 Å². The molecule has 1 heterocycles. The van der Waals surface area contributed by atoms with Gasteiger partial charge in [0.1, 0.15) is 11.4 Å². The summed E-state index contributed by atoms with van der Waals surface area (Å²) in [5.41, 5.74) is -1.23. The number of hydrogen-bond donors (Lipinski definition) is 1. The molecule has 23 heavy (non-hydrogen) atoms. The highest BCUT2D eigenvalue weighted by Gasteiger charge is 2.36. The van der Waals surface area contributed by atoms with Gasteiger partial charge in [0.15, 0.2) is 5.17 Å². The lowest BCUT2D eigenvalue weighted by atomic mass is 9.92. The van der Waals surface area contributed by atoms with E-state index in [0.717, 1.165) is 4.47 Å². The number of hydrogen-bond acceptors (Lipinski definition) is 3. The largest absolute Gasteiger partial charge is 0.465 e. The Balaban J connectivity index is 2.54. The monoisotopic (exact) mass is 400 g/mol. The Morgan fingerprint density at radius 2 is 2.09 bits per heavy atom. The van der Waals surface area contributed by atoms with Crippen LogP contribution in [-0.2, 0) is 5.54 Å². The second-order valence-electron chi connectivity index (χ2n) is 6.38. The van der Waals surface area contributed by atoms with Crippen LogP contribution in [0.15, 0.2) is 39.1 Å². The van der Waals surface area contributed by atoms with E-state index in [1.54, 1.807) is 51.3 Å². The van der Waals surface area contributed by atoms with Gasteiger partial charge in [-0.2, -0.15) is 0 Å². The number of carbonyl (C=O) groups is 1. The van der Waals surface area contributed by atoms with E-state index < -0.39 is 17.2 Å². The number of amides is 1. The summed E-state index contributed by atoms with van der Waals surface area (Å²) in [7, 11) is 0. The zero-order valence-corrected chi connectivity index (χ0v) is 15.7. The Morgan fingerprint density at radius 3 is 2.65 bits per heavy atom. The summed E-state index contributed by atoms with van der Waals surface area (Å²) in [4.78, 5) is 17.4. The molecule has 0 aromatic heterocycles. The maximum absolute atomic E-state index is 14.3. The highest BCUT2D eigenvalue weighted by Crippen LogP contribution is 2.37. The van der Waals surface area contributed by atoms with Crippen LogP contribution in [0.25, 0.3) is 0 Å². The fourth-order valence-corrected chi connectivity index (χ4v) is 3.80. The Kier molecular flexibility index (Phi) is 4.92. The van der Waals surface area contributed by atoms with Crippen molar-refractivity contribution < 1.29 is 14.3 Å². The van der Waals surface area contributed by atoms with E-state index in [9.17, 15) is 14.3 Å². The first kappa shape index (κ1) is 18.0. The van der Waals surface area contributed by atoms with E-state index in [1.165, 1.54) is 22.7 Å². The molecule has 0 fully saturated rings. The molecule has 1 aromatic rings. The van der Waals surface area contributed by atoms with Gasteiger partial charge in [0.05, 0.1) is 0 Å². The lowest BCUT2D eigenvalue weighted by molar-refractivity contribution is 0.142. The summed E-state index contributed by atoms with van der Waals surface area (Å²) in [6.45, 7) is 7.13. The third-order valence-electron chi connectivity index (χ3n) is 3.42. The summed E-state index contributed by atoms with van der Waals surface area (Å²) < 4.78 is 15.0. The third kappa shape index (κ3) is 3.77. The molecule has 0 saturated heterocycles. The molecule has 1 aromatic carbocycles. The number of nitrogens with zero attached hydrogens (tertiary/aromatic N) is 2. The average molecular weight is 401 g/mol. The van der Waals surface area contributed by atoms with Gasteiger partial charge in [-0.3, -0.25) is 4.90 Å². The van der Waals surface area contributed by atoms with Crippen molar-refractivity contribution in [1.82, 2.24) is 4.90 Å². The van der Waals surface area contributed by atoms with Crippen LogP contribution in [0.3, 0.4) is 0 Å². The van der Waals surface area contributed by atoms with Crippen LogP contribution < -0.4 is 0 Å². The van der Waals surface area contributed by atoms with Crippen molar-refractivity contribution in [3.63, 3.8) is 0 Å². The summed E-state index contributed by atoms with van der Waals surface area (Å²) in [6.07, 6.45) is 0.686. The zero-order valence-electron chi connectivity index (χ0n) is 13.3. The quantitative estimate of drug-likeness (QED) is 0.704. The molecule has 0 bridgehead atoms. The Bertz CT molecular complexity index is 700. The van der Waals surface area contributed by atoms with Gasteiger partial charge < -0.3 is 5.11 Å². The second kappa shape index (κ2) is 6.28. The summed E-state index contributed by atoms with van der Waals surface area (Å²) in [5.74, 6) is -0.381. The van der Waals surface area contributed by atoms with Gasteiger partial charge in [0.25, 0.3) is 0 Å². The van der Waals surface area contributed by atoms with Gasteiger partial charge in [-0.15, -0.1) is 0 Å². The normalized spacial score (nSPS) is 21.0. The Hall–Kier alpha value is -1.34. The fraction of sp³-hybridized carbons (Fsp3) is 0.375. The minimum Gasteiger partial charge on any atom is -0.465 e. The van der Waals surface area contributed by atoms with Crippen molar-refractivity contribution in [3.05, 3.63) is 45.5 Å². The predicted molar refractivity (Wildman–Crippen MR) is 95.2 cm³/mol. The van der Waals surface area contributed by atoms with Crippen LogP contribution in [0, 0.1) is 5.82 Å². The molecule has 1 aliphatic rings. The summed E-state index contributed by atoms with van der Waals surface area (Å²) in [5, 5.41) is 11.6. The van der Waals surface area contributed by atoms with E-state index in [4.69, 9.17) is 0 Å². The van der Waals surface area contributed by atoms with Crippen molar-refractivity contribution in [3.8, 4) is 0 Å². The first-order valence-electron chi connectivity index (χ1n) is 6.97. The Labute approximate surface area is 147 Å². The predicted octanol–water partition coefficient (Wildman–Crippen LogP) is 5.20. The molecule has 0 saturated carbocycles.